The summed E-state index contributed by atoms with van der Waals surface area (Å²) < 4.78 is 38.9. The number of hydrogen-bond acceptors (Lipinski definition) is 2. The van der Waals surface area contributed by atoms with Crippen LogP contribution in [-0.2, 0) is 11.0 Å². The van der Waals surface area contributed by atoms with Gasteiger partial charge in [0, 0.05) is 30.1 Å². The zero-order valence-electron chi connectivity index (χ0n) is 16.6. The van der Waals surface area contributed by atoms with Crippen LogP contribution >= 0.6 is 0 Å². The molecule has 1 aliphatic carbocycles. The van der Waals surface area contributed by atoms with Gasteiger partial charge in [-0.15, -0.1) is 0 Å². The van der Waals surface area contributed by atoms with Gasteiger partial charge in [0.1, 0.15) is 0 Å². The van der Waals surface area contributed by atoms with Crippen molar-refractivity contribution in [2.45, 2.75) is 69.6 Å². The molecule has 2 heterocycles. The summed E-state index contributed by atoms with van der Waals surface area (Å²) in [6.45, 7) is 2.94. The molecule has 1 spiro atoms. The molecule has 0 unspecified atom stereocenters. The van der Waals surface area contributed by atoms with Crippen molar-refractivity contribution in [3.05, 3.63) is 35.4 Å². The summed E-state index contributed by atoms with van der Waals surface area (Å²) in [4.78, 5) is 27.4. The Bertz CT molecular complexity index is 809. The molecule has 2 amide bonds. The molecule has 2 saturated heterocycles. The molecule has 4 nitrogen and oxygen atoms in total. The van der Waals surface area contributed by atoms with Crippen molar-refractivity contribution in [2.24, 2.45) is 11.8 Å². The van der Waals surface area contributed by atoms with Gasteiger partial charge in [0.05, 0.1) is 5.56 Å². The molecule has 7 heteroatoms. The topological polar surface area (TPSA) is 49.4 Å². The van der Waals surface area contributed by atoms with E-state index in [9.17, 15) is 22.8 Å². The zero-order chi connectivity index (χ0) is 20.8. The largest absolute Gasteiger partial charge is 0.416 e. The maximum Gasteiger partial charge on any atom is 0.416 e. The number of nitrogens with zero attached hydrogens (tertiary/aromatic N) is 1. The van der Waals surface area contributed by atoms with Crippen LogP contribution in [0, 0.1) is 11.8 Å². The number of carbonyl (C=O) groups excluding carboxylic acids is 2. The van der Waals surface area contributed by atoms with E-state index in [0.29, 0.717) is 12.3 Å². The van der Waals surface area contributed by atoms with E-state index in [1.807, 2.05) is 0 Å². The first-order chi connectivity index (χ1) is 13.7. The Labute approximate surface area is 168 Å². The maximum absolute atomic E-state index is 13.0. The minimum absolute atomic E-state index is 0.0332. The van der Waals surface area contributed by atoms with Crippen molar-refractivity contribution in [1.29, 1.82) is 0 Å². The minimum Gasteiger partial charge on any atom is -0.349 e. The van der Waals surface area contributed by atoms with Crippen LogP contribution in [0.5, 0.6) is 0 Å². The van der Waals surface area contributed by atoms with Crippen LogP contribution < -0.4 is 5.32 Å². The van der Waals surface area contributed by atoms with E-state index < -0.39 is 17.6 Å². The molecule has 3 fully saturated rings. The number of benzene rings is 1. The lowest BCUT2D eigenvalue weighted by Gasteiger charge is -2.52. The molecular weight excluding hydrogens is 381 g/mol. The third kappa shape index (κ3) is 3.53. The van der Waals surface area contributed by atoms with E-state index >= 15 is 0 Å². The lowest BCUT2D eigenvalue weighted by Crippen LogP contribution is -2.59. The number of alkyl halides is 3. The van der Waals surface area contributed by atoms with Gasteiger partial charge in [0.25, 0.3) is 5.91 Å². The average Bonchev–Trinajstić information content (AvgIpc) is 3.04. The smallest absolute Gasteiger partial charge is 0.349 e. The molecule has 29 heavy (non-hydrogen) atoms. The number of nitrogens with one attached hydrogen (secondary N) is 1. The van der Waals surface area contributed by atoms with Crippen LogP contribution in [0.15, 0.2) is 24.3 Å². The van der Waals surface area contributed by atoms with E-state index in [2.05, 4.69) is 17.1 Å². The van der Waals surface area contributed by atoms with Gasteiger partial charge in [-0.25, -0.2) is 0 Å². The van der Waals surface area contributed by atoms with Crippen molar-refractivity contribution < 1.29 is 22.8 Å². The average molecular weight is 408 g/mol. The summed E-state index contributed by atoms with van der Waals surface area (Å²) in [5, 5.41) is 3.00. The Morgan fingerprint density at radius 3 is 2.76 bits per heavy atom. The predicted octanol–water partition coefficient (Wildman–Crippen LogP) is 4.40. The van der Waals surface area contributed by atoms with Gasteiger partial charge in [0.2, 0.25) is 5.91 Å². The van der Waals surface area contributed by atoms with Gasteiger partial charge in [-0.2, -0.15) is 13.2 Å². The fraction of sp³-hybridized carbons (Fsp3) is 0.636. The van der Waals surface area contributed by atoms with Crippen LogP contribution in [0.1, 0.15) is 67.8 Å². The Hall–Kier alpha value is -2.05. The van der Waals surface area contributed by atoms with Crippen LogP contribution in [0.4, 0.5) is 13.2 Å². The summed E-state index contributed by atoms with van der Waals surface area (Å²) in [7, 11) is 0. The quantitative estimate of drug-likeness (QED) is 0.789. The van der Waals surface area contributed by atoms with E-state index in [1.165, 1.54) is 12.1 Å². The van der Waals surface area contributed by atoms with Gasteiger partial charge in [-0.1, -0.05) is 13.0 Å². The fourth-order valence-corrected chi connectivity index (χ4v) is 5.97. The molecule has 158 valence electrons. The van der Waals surface area contributed by atoms with E-state index in [0.717, 1.165) is 57.2 Å². The zero-order valence-corrected chi connectivity index (χ0v) is 16.6. The normalized spacial score (nSPS) is 32.3. The molecule has 0 bridgehead atoms. The van der Waals surface area contributed by atoms with Crippen molar-refractivity contribution in [2.75, 3.05) is 6.54 Å². The van der Waals surface area contributed by atoms with Gasteiger partial charge < -0.3 is 10.2 Å². The van der Waals surface area contributed by atoms with Gasteiger partial charge in [-0.3, -0.25) is 9.59 Å². The third-order valence-electron chi connectivity index (χ3n) is 7.35. The molecular formula is C22H27F3N2O2. The number of amides is 2. The Balaban J connectivity index is 1.52. The summed E-state index contributed by atoms with van der Waals surface area (Å²) in [5.74, 6) is 0.280. The second-order valence-electron chi connectivity index (χ2n) is 8.81. The van der Waals surface area contributed by atoms with Crippen LogP contribution in [0.3, 0.4) is 0 Å². The highest BCUT2D eigenvalue weighted by atomic mass is 19.4. The lowest BCUT2D eigenvalue weighted by atomic mass is 9.63. The third-order valence-corrected chi connectivity index (χ3v) is 7.35. The number of rotatable bonds is 2. The highest BCUT2D eigenvalue weighted by Gasteiger charge is 2.55. The molecule has 0 radical (unpaired) electrons. The minimum atomic E-state index is -4.47. The Morgan fingerprint density at radius 1 is 1.21 bits per heavy atom. The first kappa shape index (κ1) is 20.2. The molecule has 4 atom stereocenters. The van der Waals surface area contributed by atoms with E-state index in [-0.39, 0.29) is 29.0 Å². The van der Waals surface area contributed by atoms with Crippen molar-refractivity contribution >= 4 is 11.8 Å². The standard InChI is InChI=1S/C22H27F3N2O2/c1-14-17-7-3-8-19(28)27-12-4-10-21(17,27)11-9-18(14)26-20(29)15-5-2-6-16(13-15)22(23,24)25/h2,5-6,13-14,17-18H,3-4,7-12H2,1H3,(H,26,29)/t14-,17+,18-,21-/m1/s1. The summed E-state index contributed by atoms with van der Waals surface area (Å²) in [5.41, 5.74) is -0.875. The monoisotopic (exact) mass is 408 g/mol. The second-order valence-corrected chi connectivity index (χ2v) is 8.81. The highest BCUT2D eigenvalue weighted by molar-refractivity contribution is 5.94. The molecule has 1 aromatic rings. The lowest BCUT2D eigenvalue weighted by molar-refractivity contribution is -0.138. The molecule has 1 N–H and O–H groups in total. The van der Waals surface area contributed by atoms with Gasteiger partial charge >= 0.3 is 6.18 Å². The molecule has 2 aliphatic heterocycles. The maximum atomic E-state index is 13.0. The Kier molecular flexibility index (Phi) is 5.11. The number of hydrogen-bond donors (Lipinski definition) is 1. The van der Waals surface area contributed by atoms with Crippen molar-refractivity contribution in [3.63, 3.8) is 0 Å². The number of halogens is 3. The molecule has 0 aromatic heterocycles. The van der Waals surface area contributed by atoms with Gasteiger partial charge in [-0.05, 0) is 68.6 Å². The summed E-state index contributed by atoms with van der Waals surface area (Å²) in [6.07, 6.45) is 1.57. The first-order valence-corrected chi connectivity index (χ1v) is 10.5. The van der Waals surface area contributed by atoms with E-state index in [1.54, 1.807) is 0 Å². The highest BCUT2D eigenvalue weighted by Crippen LogP contribution is 2.51. The number of carbonyl (C=O) groups is 2. The summed E-state index contributed by atoms with van der Waals surface area (Å²) >= 11 is 0. The first-order valence-electron chi connectivity index (χ1n) is 10.5. The second kappa shape index (κ2) is 7.33. The fourth-order valence-electron chi connectivity index (χ4n) is 5.97. The predicted molar refractivity (Wildman–Crippen MR) is 102 cm³/mol. The summed E-state index contributed by atoms with van der Waals surface area (Å²) in [6, 6.07) is 4.48. The Morgan fingerprint density at radius 2 is 2.00 bits per heavy atom. The molecule has 4 rings (SSSR count). The molecule has 3 aliphatic rings. The SMILES string of the molecule is C[C@H]1[C@H](NC(=O)c2cccc(C(F)(F)F)c2)CC[C@@]23CCCN2C(=O)CCC[C@@H]13. The van der Waals surface area contributed by atoms with Crippen LogP contribution in [0.25, 0.3) is 0 Å². The van der Waals surface area contributed by atoms with Crippen LogP contribution in [-0.4, -0.2) is 34.8 Å². The van der Waals surface area contributed by atoms with Crippen molar-refractivity contribution in [3.8, 4) is 0 Å². The van der Waals surface area contributed by atoms with Gasteiger partial charge in [0.15, 0.2) is 0 Å². The molecule has 1 aromatic carbocycles. The molecule has 1 saturated carbocycles. The van der Waals surface area contributed by atoms with E-state index in [4.69, 9.17) is 0 Å². The van der Waals surface area contributed by atoms with Crippen molar-refractivity contribution in [1.82, 2.24) is 10.2 Å². The van der Waals surface area contributed by atoms with Crippen LogP contribution in [0.2, 0.25) is 0 Å².